The van der Waals surface area contributed by atoms with E-state index >= 15 is 0 Å². The predicted octanol–water partition coefficient (Wildman–Crippen LogP) is 9.75. The van der Waals surface area contributed by atoms with Crippen LogP contribution in [0.4, 0.5) is 24.5 Å². The summed E-state index contributed by atoms with van der Waals surface area (Å²) in [6, 6.07) is 28.9. The normalized spacial score (nSPS) is 20.8. The molecule has 0 spiro atoms. The van der Waals surface area contributed by atoms with Gasteiger partial charge in [0.05, 0.1) is 75.5 Å². The summed E-state index contributed by atoms with van der Waals surface area (Å²) in [7, 11) is -9.43. The molecule has 0 aromatic heterocycles. The second-order valence-corrected chi connectivity index (χ2v) is 36.5. The molecule has 5 aromatic carbocycles. The van der Waals surface area contributed by atoms with E-state index in [0.717, 1.165) is 92.0 Å². The molecule has 5 aromatic rings. The van der Waals surface area contributed by atoms with E-state index in [4.69, 9.17) is 40.0 Å². The number of carbonyl (C=O) groups excluding carboxylic acids is 5. The number of amides is 5. The Morgan fingerprint density at radius 2 is 1.40 bits per heavy atom. The molecule has 25 nitrogen and oxygen atoms in total. The Morgan fingerprint density at radius 1 is 0.737 bits per heavy atom. The molecule has 2 aliphatic carbocycles. The van der Waals surface area contributed by atoms with Crippen LogP contribution < -0.4 is 35.6 Å². The Hall–Kier alpha value is -7.40. The van der Waals surface area contributed by atoms with Gasteiger partial charge in [-0.1, -0.05) is 81.3 Å². The molecule has 32 heteroatoms. The summed E-state index contributed by atoms with van der Waals surface area (Å²) in [5.41, 5.74) is 0.182. The van der Waals surface area contributed by atoms with E-state index in [1.165, 1.54) is 40.6 Å². The first-order chi connectivity index (χ1) is 54.4. The molecule has 11 rings (SSSR count). The molecule has 0 radical (unpaired) electrons. The predicted molar refractivity (Wildman–Crippen MR) is 431 cm³/mol. The van der Waals surface area contributed by atoms with Crippen molar-refractivity contribution in [2.45, 2.75) is 149 Å². The number of allylic oxidation sites excluding steroid dienone is 1. The van der Waals surface area contributed by atoms with Crippen molar-refractivity contribution in [2.75, 3.05) is 155 Å². The highest BCUT2D eigenvalue weighted by atomic mass is 35.5. The van der Waals surface area contributed by atoms with Crippen LogP contribution in [0.2, 0.25) is 5.02 Å². The monoisotopic (exact) mass is 1660 g/mol. The summed E-state index contributed by atoms with van der Waals surface area (Å²) in [5.74, 6) is -1.18. The number of likely N-dealkylation sites (N-methyl/N-ethyl adjacent to an activating group) is 1. The number of halogens is 4. The van der Waals surface area contributed by atoms with E-state index in [1.54, 1.807) is 35.9 Å². The van der Waals surface area contributed by atoms with Crippen LogP contribution in [0.5, 0.6) is 5.75 Å². The molecule has 5 amide bonds. The molecule has 4 heterocycles. The number of anilines is 2. The van der Waals surface area contributed by atoms with Gasteiger partial charge in [0.2, 0.25) is 23.6 Å². The van der Waals surface area contributed by atoms with E-state index < -0.39 is 82.6 Å². The van der Waals surface area contributed by atoms with Crippen LogP contribution in [-0.2, 0) is 69.1 Å². The van der Waals surface area contributed by atoms with Gasteiger partial charge in [0, 0.05) is 105 Å². The molecule has 622 valence electrons. The summed E-state index contributed by atoms with van der Waals surface area (Å²) in [6.45, 7) is 18.7. The number of nitrogens with one attached hydrogen (secondary N) is 5. The van der Waals surface area contributed by atoms with E-state index in [-0.39, 0.29) is 72.8 Å². The third kappa shape index (κ3) is 23.3. The molecule has 6 atom stereocenters. The number of hydrogen-bond acceptors (Lipinski definition) is 21. The average Bonchev–Trinajstić information content (AvgIpc) is 1.61. The lowest BCUT2D eigenvalue weighted by molar-refractivity contribution is -0.150. The zero-order valence-corrected chi connectivity index (χ0v) is 68.9. The minimum absolute atomic E-state index is 0.0373. The quantitative estimate of drug-likeness (QED) is 0.0184. The number of sulfone groups is 1. The van der Waals surface area contributed by atoms with Crippen LogP contribution in [0.3, 0.4) is 0 Å². The highest BCUT2D eigenvalue weighted by molar-refractivity contribution is 7.99. The van der Waals surface area contributed by atoms with E-state index in [1.807, 2.05) is 79.2 Å². The molecule has 114 heavy (non-hydrogen) atoms. The van der Waals surface area contributed by atoms with Gasteiger partial charge in [-0.15, -0.1) is 11.8 Å². The van der Waals surface area contributed by atoms with Gasteiger partial charge in [0.25, 0.3) is 25.8 Å². The number of sulfonamides is 1. The summed E-state index contributed by atoms with van der Waals surface area (Å²) in [4.78, 5) is 76.5. The molecular weight excluding hydrogens is 1550 g/mol. The highest BCUT2D eigenvalue weighted by Gasteiger charge is 2.55. The smallest absolute Gasteiger partial charge is 0.491 e. The number of piperazine rings is 2. The first-order valence-electron chi connectivity index (χ1n) is 39.3. The molecule has 4 saturated heterocycles. The number of hydrogen-bond donors (Lipinski definition) is 5. The minimum atomic E-state index is -6.17. The molecule has 4 fully saturated rings. The number of benzene rings is 5. The fraction of sp³-hybridized carbons (Fsp3) is 0.549. The lowest BCUT2D eigenvalue weighted by Crippen LogP contribution is -2.58. The molecular formula is C82H108ClF3N10O15S3. The van der Waals surface area contributed by atoms with Gasteiger partial charge in [-0.05, 0) is 177 Å². The number of ether oxygens (including phenoxy) is 6. The number of nitrogens with zero attached hydrogens (tertiary/aromatic N) is 5. The van der Waals surface area contributed by atoms with Crippen molar-refractivity contribution in [3.05, 3.63) is 148 Å². The van der Waals surface area contributed by atoms with E-state index in [2.05, 4.69) is 61.9 Å². The maximum atomic E-state index is 14.6. The lowest BCUT2D eigenvalue weighted by atomic mass is 9.73. The average molecular weight is 1660 g/mol. The summed E-state index contributed by atoms with van der Waals surface area (Å²) < 4.78 is 135. The zero-order chi connectivity index (χ0) is 81.4. The van der Waals surface area contributed by atoms with Crippen LogP contribution in [0, 0.1) is 10.8 Å². The Kier molecular flexibility index (Phi) is 30.4. The Balaban J connectivity index is 0.571. The zero-order valence-electron chi connectivity index (χ0n) is 65.7. The van der Waals surface area contributed by atoms with Gasteiger partial charge in [-0.2, -0.15) is 13.2 Å². The maximum Gasteiger partial charge on any atom is 0.501 e. The first kappa shape index (κ1) is 87.4. The largest absolute Gasteiger partial charge is 0.501 e. The third-order valence-corrected chi connectivity index (χ3v) is 26.4. The molecule has 0 saturated carbocycles. The molecule has 6 aliphatic rings. The van der Waals surface area contributed by atoms with Crippen molar-refractivity contribution in [1.29, 1.82) is 0 Å². The van der Waals surface area contributed by atoms with Gasteiger partial charge >= 0.3 is 5.51 Å². The van der Waals surface area contributed by atoms with Gasteiger partial charge < -0.3 is 64.4 Å². The van der Waals surface area contributed by atoms with Crippen LogP contribution in [0.25, 0.3) is 5.57 Å². The highest BCUT2D eigenvalue weighted by Crippen LogP contribution is 2.46. The number of thioether (sulfide) groups is 1. The Morgan fingerprint density at radius 3 is 2.08 bits per heavy atom. The Labute approximate surface area is 676 Å². The van der Waals surface area contributed by atoms with Crippen LogP contribution in [0.1, 0.15) is 119 Å². The summed E-state index contributed by atoms with van der Waals surface area (Å²) in [5, 5.41) is 12.7. The van der Waals surface area contributed by atoms with Crippen molar-refractivity contribution in [1.82, 2.24) is 40.3 Å². The van der Waals surface area contributed by atoms with Gasteiger partial charge in [-0.3, -0.25) is 33.8 Å². The fourth-order valence-corrected chi connectivity index (χ4v) is 18.7. The first-order valence-corrected chi connectivity index (χ1v) is 43.6. The van der Waals surface area contributed by atoms with Gasteiger partial charge in [0.15, 0.2) is 0 Å². The van der Waals surface area contributed by atoms with Crippen molar-refractivity contribution in [2.24, 2.45) is 10.8 Å². The van der Waals surface area contributed by atoms with Crippen LogP contribution in [-0.4, -0.2) is 246 Å². The van der Waals surface area contributed by atoms with Crippen molar-refractivity contribution >= 4 is 89.7 Å². The molecule has 4 aliphatic heterocycles. The lowest BCUT2D eigenvalue weighted by Gasteiger charge is -2.39. The number of carbonyl (C=O) groups is 5. The number of fused-ring (bicyclic) bond motifs is 2. The van der Waals surface area contributed by atoms with Crippen molar-refractivity contribution in [3.8, 4) is 5.75 Å². The summed E-state index contributed by atoms with van der Waals surface area (Å²) in [6.07, 6.45) is 6.04. The van der Waals surface area contributed by atoms with Crippen molar-refractivity contribution in [3.63, 3.8) is 0 Å². The van der Waals surface area contributed by atoms with Crippen LogP contribution >= 0.6 is 23.4 Å². The second kappa shape index (κ2) is 39.7. The SMILES string of the molecule is CNC(C)C(=O)NC1CCOC2CC(C)(C)C(C(=O)NC3CCCc4cc(OCCOCCOCCOCCOCC(=O)N5CCN(CCC(CSc6ccccc6)Nc6ccc(S(=O)(=O)NC(=O)c7ccc(N8CCN(CC9=C(c%10ccc(Cl)cc%10)CCC(C)(C)C9)CC8)cc7)cc6S(=O)(=O)C(F)(F)F)CC5)ccc43)N2C1=O. The number of rotatable bonds is 36. The topological polar surface area (TPSA) is 285 Å². The van der Waals surface area contributed by atoms with Gasteiger partial charge in [0.1, 0.15) is 42.2 Å². The number of alkyl halides is 3. The molecule has 5 N–H and O–H groups in total. The second-order valence-electron chi connectivity index (χ2n) is 31.3. The molecule has 6 unspecified atom stereocenters. The summed E-state index contributed by atoms with van der Waals surface area (Å²) >= 11 is 7.62. The van der Waals surface area contributed by atoms with Gasteiger partial charge in [-0.25, -0.2) is 21.6 Å². The third-order valence-electron chi connectivity index (χ3n) is 22.1. The maximum absolute atomic E-state index is 14.6. The van der Waals surface area contributed by atoms with Crippen molar-refractivity contribution < 1.29 is 82.4 Å². The Bertz CT molecular complexity index is 4380. The van der Waals surface area contributed by atoms with E-state index in [0.29, 0.717) is 122 Å². The minimum Gasteiger partial charge on any atom is -0.491 e. The van der Waals surface area contributed by atoms with Crippen LogP contribution in [0.15, 0.2) is 136 Å². The van der Waals surface area contributed by atoms with E-state index in [9.17, 15) is 54.0 Å². The fourth-order valence-electron chi connectivity index (χ4n) is 15.6. The standard InChI is InChI=1S/C82H108ClF3N10O15S3/c1-56(87-6)76(98)90-71-29-40-111-74-52-81(4,5)75(96(74)79(71)101)78(100)89-69-14-10-11-59-49-64(23-25-68(59)69)110-48-47-108-44-43-106-41-42-107-45-46-109-54-73(97)95-38-32-92(33-39-95)31-28-62(55-112-65-12-8-7-9-13-65)88-70-26-24-66(50-72(70)113(102,103)82(84,85)86)114(104,105)91-77(99)58-17-21-63(22-18-58)94-36-34-93(35-37-94)53-60-51-80(2,3)30-27-67(60)57-15-19-61(83)20-16-57/h7-9,12-13,15-26,49-50,56,62,69,71,74-75,87-88H,10-11,14,27-48,51-55H2,1-6H3,(H,89,100)(H,90,98)(H,91,99). The molecule has 0 bridgehead atoms. The number of aryl methyl sites for hydroxylation is 1.